The minimum Gasteiger partial charge on any atom is -0.268 e. The molecule has 0 N–H and O–H groups in total. The average Bonchev–Trinajstić information content (AvgIpc) is 2.58. The maximum atomic E-state index is 13.0. The average molecular weight is 204 g/mol. The highest BCUT2D eigenvalue weighted by molar-refractivity contribution is 5.26. The second kappa shape index (κ2) is 3.85. The Bertz CT molecular complexity index is 474. The van der Waals surface area contributed by atoms with E-state index >= 15 is 0 Å². The van der Waals surface area contributed by atoms with Crippen molar-refractivity contribution in [1.82, 2.24) is 9.78 Å². The van der Waals surface area contributed by atoms with Gasteiger partial charge < -0.3 is 0 Å². The van der Waals surface area contributed by atoms with Crippen LogP contribution in [0, 0.1) is 19.7 Å². The van der Waals surface area contributed by atoms with Crippen molar-refractivity contribution in [1.29, 1.82) is 0 Å². The predicted octanol–water partition coefficient (Wildman–Crippen LogP) is 2.69. The maximum Gasteiger partial charge on any atom is 0.123 e. The predicted molar refractivity (Wildman–Crippen MR) is 57.2 cm³/mol. The monoisotopic (exact) mass is 204 g/mol. The van der Waals surface area contributed by atoms with Gasteiger partial charge in [0.05, 0.1) is 12.2 Å². The van der Waals surface area contributed by atoms with E-state index in [-0.39, 0.29) is 5.82 Å². The van der Waals surface area contributed by atoms with E-state index in [9.17, 15) is 4.39 Å². The SMILES string of the molecule is Cc1ccn(Cc2cc(F)ccc2C)n1. The lowest BCUT2D eigenvalue weighted by atomic mass is 10.1. The number of rotatable bonds is 2. The molecule has 2 nitrogen and oxygen atoms in total. The third-order valence-electron chi connectivity index (χ3n) is 2.42. The molecule has 0 fully saturated rings. The summed E-state index contributed by atoms with van der Waals surface area (Å²) in [5.41, 5.74) is 3.03. The highest BCUT2D eigenvalue weighted by atomic mass is 19.1. The lowest BCUT2D eigenvalue weighted by molar-refractivity contribution is 0.617. The van der Waals surface area contributed by atoms with Crippen LogP contribution in [-0.2, 0) is 6.54 Å². The fourth-order valence-corrected chi connectivity index (χ4v) is 1.54. The molecule has 0 saturated carbocycles. The topological polar surface area (TPSA) is 17.8 Å². The lowest BCUT2D eigenvalue weighted by Crippen LogP contribution is -2.02. The first kappa shape index (κ1) is 9.90. The zero-order valence-electron chi connectivity index (χ0n) is 8.87. The minimum atomic E-state index is -0.195. The molecule has 15 heavy (non-hydrogen) atoms. The first-order valence-electron chi connectivity index (χ1n) is 4.90. The van der Waals surface area contributed by atoms with Crippen LogP contribution < -0.4 is 0 Å². The molecule has 1 aromatic carbocycles. The molecule has 0 bridgehead atoms. The molecule has 78 valence electrons. The fraction of sp³-hybridized carbons (Fsp3) is 0.250. The Labute approximate surface area is 88.4 Å². The van der Waals surface area contributed by atoms with E-state index in [1.165, 1.54) is 6.07 Å². The van der Waals surface area contributed by atoms with Crippen molar-refractivity contribution in [3.05, 3.63) is 53.1 Å². The van der Waals surface area contributed by atoms with Crippen molar-refractivity contribution in [2.75, 3.05) is 0 Å². The van der Waals surface area contributed by atoms with E-state index in [2.05, 4.69) is 5.10 Å². The first-order valence-corrected chi connectivity index (χ1v) is 4.90. The number of aromatic nitrogens is 2. The van der Waals surface area contributed by atoms with E-state index in [0.29, 0.717) is 6.54 Å². The van der Waals surface area contributed by atoms with Crippen LogP contribution in [0.3, 0.4) is 0 Å². The van der Waals surface area contributed by atoms with E-state index in [1.807, 2.05) is 30.8 Å². The van der Waals surface area contributed by atoms with Crippen LogP contribution in [-0.4, -0.2) is 9.78 Å². The van der Waals surface area contributed by atoms with Crippen molar-refractivity contribution >= 4 is 0 Å². The van der Waals surface area contributed by atoms with Gasteiger partial charge in [0.1, 0.15) is 5.82 Å². The van der Waals surface area contributed by atoms with E-state index in [1.54, 1.807) is 12.1 Å². The smallest absolute Gasteiger partial charge is 0.123 e. The molecule has 0 atom stereocenters. The Morgan fingerprint density at radius 1 is 1.27 bits per heavy atom. The van der Waals surface area contributed by atoms with Gasteiger partial charge in [-0.1, -0.05) is 6.07 Å². The van der Waals surface area contributed by atoms with Gasteiger partial charge in [-0.05, 0) is 43.2 Å². The highest BCUT2D eigenvalue weighted by Crippen LogP contribution is 2.11. The fourth-order valence-electron chi connectivity index (χ4n) is 1.54. The molecule has 0 amide bonds. The summed E-state index contributed by atoms with van der Waals surface area (Å²) < 4.78 is 14.8. The summed E-state index contributed by atoms with van der Waals surface area (Å²) >= 11 is 0. The first-order chi connectivity index (χ1) is 7.15. The highest BCUT2D eigenvalue weighted by Gasteiger charge is 2.02. The van der Waals surface area contributed by atoms with Gasteiger partial charge in [0, 0.05) is 6.20 Å². The second-order valence-corrected chi connectivity index (χ2v) is 3.73. The summed E-state index contributed by atoms with van der Waals surface area (Å²) in [6.45, 7) is 4.54. The van der Waals surface area contributed by atoms with Gasteiger partial charge in [0.15, 0.2) is 0 Å². The number of aryl methyl sites for hydroxylation is 2. The molecule has 1 aromatic heterocycles. The molecule has 3 heteroatoms. The summed E-state index contributed by atoms with van der Waals surface area (Å²) in [6.07, 6.45) is 1.90. The molecule has 0 radical (unpaired) electrons. The zero-order chi connectivity index (χ0) is 10.8. The van der Waals surface area contributed by atoms with Crippen LogP contribution in [0.2, 0.25) is 0 Å². The normalized spacial score (nSPS) is 10.6. The molecular formula is C12H13FN2. The van der Waals surface area contributed by atoms with E-state index in [4.69, 9.17) is 0 Å². The summed E-state index contributed by atoms with van der Waals surface area (Å²) in [5.74, 6) is -0.195. The summed E-state index contributed by atoms with van der Waals surface area (Å²) in [7, 11) is 0. The van der Waals surface area contributed by atoms with Crippen LogP contribution in [0.15, 0.2) is 30.5 Å². The van der Waals surface area contributed by atoms with Crippen molar-refractivity contribution in [3.63, 3.8) is 0 Å². The van der Waals surface area contributed by atoms with Crippen LogP contribution in [0.1, 0.15) is 16.8 Å². The molecule has 1 heterocycles. The Balaban J connectivity index is 2.27. The molecule has 0 aliphatic carbocycles. The van der Waals surface area contributed by atoms with Gasteiger partial charge in [0.2, 0.25) is 0 Å². The third-order valence-corrected chi connectivity index (χ3v) is 2.42. The number of hydrogen-bond acceptors (Lipinski definition) is 1. The van der Waals surface area contributed by atoms with Gasteiger partial charge >= 0.3 is 0 Å². The van der Waals surface area contributed by atoms with Gasteiger partial charge in [-0.3, -0.25) is 4.68 Å². The molecular weight excluding hydrogens is 191 g/mol. The maximum absolute atomic E-state index is 13.0. The van der Waals surface area contributed by atoms with Crippen LogP contribution in [0.5, 0.6) is 0 Å². The Morgan fingerprint density at radius 2 is 2.07 bits per heavy atom. The number of nitrogens with zero attached hydrogens (tertiary/aromatic N) is 2. The van der Waals surface area contributed by atoms with E-state index < -0.39 is 0 Å². The zero-order valence-corrected chi connectivity index (χ0v) is 8.87. The van der Waals surface area contributed by atoms with Crippen LogP contribution >= 0.6 is 0 Å². The molecule has 2 rings (SSSR count). The van der Waals surface area contributed by atoms with Crippen molar-refractivity contribution in [2.24, 2.45) is 0 Å². The number of hydrogen-bond donors (Lipinski definition) is 0. The lowest BCUT2D eigenvalue weighted by Gasteiger charge is -2.05. The standard InChI is InChI=1S/C12H13FN2/c1-9-3-4-12(13)7-11(9)8-15-6-5-10(2)14-15/h3-7H,8H2,1-2H3. The molecule has 2 aromatic rings. The van der Waals surface area contributed by atoms with Gasteiger partial charge in [-0.2, -0.15) is 5.10 Å². The molecule has 0 aliphatic heterocycles. The third kappa shape index (κ3) is 2.24. The Hall–Kier alpha value is -1.64. The summed E-state index contributed by atoms with van der Waals surface area (Å²) in [5, 5.41) is 4.27. The quantitative estimate of drug-likeness (QED) is 0.735. The molecule has 0 spiro atoms. The van der Waals surface area contributed by atoms with Crippen molar-refractivity contribution in [3.8, 4) is 0 Å². The summed E-state index contributed by atoms with van der Waals surface area (Å²) in [6, 6.07) is 6.77. The van der Waals surface area contributed by atoms with Gasteiger partial charge in [-0.15, -0.1) is 0 Å². The molecule has 0 aliphatic rings. The number of benzene rings is 1. The molecule has 0 unspecified atom stereocenters. The number of halogens is 1. The van der Waals surface area contributed by atoms with Gasteiger partial charge in [-0.25, -0.2) is 4.39 Å². The second-order valence-electron chi connectivity index (χ2n) is 3.73. The minimum absolute atomic E-state index is 0.195. The van der Waals surface area contributed by atoms with Crippen LogP contribution in [0.25, 0.3) is 0 Å². The van der Waals surface area contributed by atoms with Crippen LogP contribution in [0.4, 0.5) is 4.39 Å². The largest absolute Gasteiger partial charge is 0.268 e. The van der Waals surface area contributed by atoms with E-state index in [0.717, 1.165) is 16.8 Å². The molecule has 0 saturated heterocycles. The van der Waals surface area contributed by atoms with Crippen molar-refractivity contribution in [2.45, 2.75) is 20.4 Å². The Morgan fingerprint density at radius 3 is 2.73 bits per heavy atom. The Kier molecular flexibility index (Phi) is 2.54. The van der Waals surface area contributed by atoms with Crippen molar-refractivity contribution < 1.29 is 4.39 Å². The summed E-state index contributed by atoms with van der Waals surface area (Å²) in [4.78, 5) is 0. The van der Waals surface area contributed by atoms with Gasteiger partial charge in [0.25, 0.3) is 0 Å².